The van der Waals surface area contributed by atoms with Crippen molar-refractivity contribution in [1.29, 1.82) is 5.26 Å². The summed E-state index contributed by atoms with van der Waals surface area (Å²) in [7, 11) is 1.64. The van der Waals surface area contributed by atoms with E-state index < -0.39 is 0 Å². The number of ether oxygens (including phenoxy) is 1. The maximum atomic E-state index is 8.87. The molecule has 0 aliphatic heterocycles. The van der Waals surface area contributed by atoms with Crippen LogP contribution in [0.15, 0.2) is 6.20 Å². The Hall–Kier alpha value is -1.34. The predicted molar refractivity (Wildman–Crippen MR) is 48.2 cm³/mol. The monoisotopic (exact) mass is 179 g/mol. The minimum atomic E-state index is 0.583. The lowest BCUT2D eigenvalue weighted by Gasteiger charge is -2.01. The Morgan fingerprint density at radius 1 is 1.69 bits per heavy atom. The van der Waals surface area contributed by atoms with Crippen molar-refractivity contribution in [3.05, 3.63) is 17.5 Å². The summed E-state index contributed by atoms with van der Waals surface area (Å²) in [6, 6.07) is 2.15. The highest BCUT2D eigenvalue weighted by atomic mass is 16.5. The molecule has 0 saturated carbocycles. The number of nitriles is 1. The SMILES string of the molecule is CCc1cnn(CCOC)c1C#N. The zero-order chi connectivity index (χ0) is 9.68. The molecular weight excluding hydrogens is 166 g/mol. The van der Waals surface area contributed by atoms with E-state index in [0.717, 1.165) is 12.0 Å². The lowest BCUT2D eigenvalue weighted by Crippen LogP contribution is -2.08. The second-order valence-corrected chi connectivity index (χ2v) is 2.70. The van der Waals surface area contributed by atoms with E-state index in [9.17, 15) is 0 Å². The van der Waals surface area contributed by atoms with Gasteiger partial charge in [-0.15, -0.1) is 0 Å². The van der Waals surface area contributed by atoms with Crippen LogP contribution in [-0.4, -0.2) is 23.5 Å². The van der Waals surface area contributed by atoms with Gasteiger partial charge in [-0.3, -0.25) is 4.68 Å². The maximum Gasteiger partial charge on any atom is 0.141 e. The van der Waals surface area contributed by atoms with Crippen LogP contribution in [0.25, 0.3) is 0 Å². The van der Waals surface area contributed by atoms with Gasteiger partial charge in [0.25, 0.3) is 0 Å². The van der Waals surface area contributed by atoms with Gasteiger partial charge in [0.1, 0.15) is 11.8 Å². The second-order valence-electron chi connectivity index (χ2n) is 2.70. The average molecular weight is 179 g/mol. The number of methoxy groups -OCH3 is 1. The van der Waals surface area contributed by atoms with Gasteiger partial charge in [0.15, 0.2) is 0 Å². The molecule has 4 heteroatoms. The van der Waals surface area contributed by atoms with Gasteiger partial charge in [-0.05, 0) is 6.42 Å². The molecule has 0 amide bonds. The molecule has 0 saturated heterocycles. The van der Waals surface area contributed by atoms with E-state index in [2.05, 4.69) is 11.2 Å². The fraction of sp³-hybridized carbons (Fsp3) is 0.556. The molecule has 1 heterocycles. The molecule has 0 aliphatic carbocycles. The Morgan fingerprint density at radius 2 is 2.46 bits per heavy atom. The van der Waals surface area contributed by atoms with E-state index >= 15 is 0 Å². The molecule has 1 aromatic rings. The van der Waals surface area contributed by atoms with Crippen LogP contribution in [0.4, 0.5) is 0 Å². The molecule has 0 aliphatic rings. The van der Waals surface area contributed by atoms with E-state index in [4.69, 9.17) is 10.00 Å². The summed E-state index contributed by atoms with van der Waals surface area (Å²) in [5, 5.41) is 13.0. The summed E-state index contributed by atoms with van der Waals surface area (Å²) in [4.78, 5) is 0. The van der Waals surface area contributed by atoms with E-state index in [0.29, 0.717) is 18.8 Å². The Labute approximate surface area is 77.7 Å². The highest BCUT2D eigenvalue weighted by molar-refractivity contribution is 5.29. The van der Waals surface area contributed by atoms with Crippen molar-refractivity contribution in [2.24, 2.45) is 0 Å². The van der Waals surface area contributed by atoms with E-state index in [1.165, 1.54) is 0 Å². The van der Waals surface area contributed by atoms with Crippen LogP contribution in [0, 0.1) is 11.3 Å². The zero-order valence-electron chi connectivity index (χ0n) is 7.95. The smallest absolute Gasteiger partial charge is 0.141 e. The topological polar surface area (TPSA) is 50.8 Å². The molecule has 0 fully saturated rings. The minimum absolute atomic E-state index is 0.583. The molecule has 0 atom stereocenters. The van der Waals surface area contributed by atoms with E-state index in [1.54, 1.807) is 18.0 Å². The van der Waals surface area contributed by atoms with Crippen molar-refractivity contribution < 1.29 is 4.74 Å². The summed E-state index contributed by atoms with van der Waals surface area (Å²) in [5.74, 6) is 0. The van der Waals surface area contributed by atoms with Gasteiger partial charge in [0.05, 0.1) is 19.3 Å². The van der Waals surface area contributed by atoms with Crippen molar-refractivity contribution in [1.82, 2.24) is 9.78 Å². The number of rotatable bonds is 4. The molecule has 1 aromatic heterocycles. The van der Waals surface area contributed by atoms with E-state index in [-0.39, 0.29) is 0 Å². The van der Waals surface area contributed by atoms with Crippen molar-refractivity contribution in [3.63, 3.8) is 0 Å². The van der Waals surface area contributed by atoms with Gasteiger partial charge in [0.2, 0.25) is 0 Å². The molecule has 0 N–H and O–H groups in total. The molecule has 0 spiro atoms. The van der Waals surface area contributed by atoms with Crippen LogP contribution in [0.2, 0.25) is 0 Å². The Kier molecular flexibility index (Phi) is 3.47. The van der Waals surface area contributed by atoms with Crippen LogP contribution in [0.5, 0.6) is 0 Å². The Morgan fingerprint density at radius 3 is 3.00 bits per heavy atom. The lowest BCUT2D eigenvalue weighted by molar-refractivity contribution is 0.183. The van der Waals surface area contributed by atoms with Gasteiger partial charge in [-0.2, -0.15) is 10.4 Å². The molecule has 4 nitrogen and oxygen atoms in total. The summed E-state index contributed by atoms with van der Waals surface area (Å²) in [5.41, 5.74) is 1.65. The molecule has 0 radical (unpaired) electrons. The third-order valence-electron chi connectivity index (χ3n) is 1.91. The van der Waals surface area contributed by atoms with Crippen molar-refractivity contribution in [2.45, 2.75) is 19.9 Å². The Bertz CT molecular complexity index is 311. The molecule has 70 valence electrons. The number of hydrogen-bond donors (Lipinski definition) is 0. The fourth-order valence-corrected chi connectivity index (χ4v) is 1.16. The number of aryl methyl sites for hydroxylation is 1. The van der Waals surface area contributed by atoms with Crippen LogP contribution < -0.4 is 0 Å². The van der Waals surface area contributed by atoms with Crippen LogP contribution in [-0.2, 0) is 17.7 Å². The van der Waals surface area contributed by atoms with Gasteiger partial charge in [-0.25, -0.2) is 0 Å². The molecule has 0 unspecified atom stereocenters. The number of nitrogens with zero attached hydrogens (tertiary/aromatic N) is 3. The average Bonchev–Trinajstić information content (AvgIpc) is 2.56. The largest absolute Gasteiger partial charge is 0.383 e. The first kappa shape index (κ1) is 9.75. The van der Waals surface area contributed by atoms with Gasteiger partial charge in [-0.1, -0.05) is 6.92 Å². The summed E-state index contributed by atoms with van der Waals surface area (Å²) < 4.78 is 6.60. The summed E-state index contributed by atoms with van der Waals surface area (Å²) >= 11 is 0. The van der Waals surface area contributed by atoms with Gasteiger partial charge >= 0.3 is 0 Å². The third-order valence-corrected chi connectivity index (χ3v) is 1.91. The van der Waals surface area contributed by atoms with Crippen molar-refractivity contribution in [2.75, 3.05) is 13.7 Å². The lowest BCUT2D eigenvalue weighted by atomic mass is 10.2. The molecular formula is C9H13N3O. The highest BCUT2D eigenvalue weighted by Gasteiger charge is 2.07. The van der Waals surface area contributed by atoms with Crippen LogP contribution >= 0.6 is 0 Å². The second kappa shape index (κ2) is 4.63. The number of aromatic nitrogens is 2. The van der Waals surface area contributed by atoms with Gasteiger partial charge < -0.3 is 4.74 Å². The van der Waals surface area contributed by atoms with E-state index in [1.807, 2.05) is 6.92 Å². The summed E-state index contributed by atoms with van der Waals surface area (Å²) in [6.45, 7) is 3.23. The predicted octanol–water partition coefficient (Wildman–Crippen LogP) is 0.964. The molecule has 13 heavy (non-hydrogen) atoms. The molecule has 0 bridgehead atoms. The van der Waals surface area contributed by atoms with Crippen molar-refractivity contribution >= 4 is 0 Å². The van der Waals surface area contributed by atoms with Crippen LogP contribution in [0.3, 0.4) is 0 Å². The highest BCUT2D eigenvalue weighted by Crippen LogP contribution is 2.07. The normalized spacial score (nSPS) is 9.92. The van der Waals surface area contributed by atoms with Crippen molar-refractivity contribution in [3.8, 4) is 6.07 Å². The maximum absolute atomic E-state index is 8.87. The quantitative estimate of drug-likeness (QED) is 0.691. The standard InChI is InChI=1S/C9H13N3O/c1-3-8-7-11-12(4-5-13-2)9(8)6-10/h7H,3-5H2,1-2H3. The van der Waals surface area contributed by atoms with Gasteiger partial charge in [0, 0.05) is 12.7 Å². The first-order valence-corrected chi connectivity index (χ1v) is 4.27. The first-order chi connectivity index (χ1) is 6.33. The number of hydrogen-bond acceptors (Lipinski definition) is 3. The molecule has 0 aromatic carbocycles. The van der Waals surface area contributed by atoms with Crippen LogP contribution in [0.1, 0.15) is 18.2 Å². The Balaban J connectivity index is 2.83. The molecule has 1 rings (SSSR count). The summed E-state index contributed by atoms with van der Waals surface area (Å²) in [6.07, 6.45) is 2.59. The zero-order valence-corrected chi connectivity index (χ0v) is 7.95. The fourth-order valence-electron chi connectivity index (χ4n) is 1.16. The first-order valence-electron chi connectivity index (χ1n) is 4.27. The minimum Gasteiger partial charge on any atom is -0.383 e. The third kappa shape index (κ3) is 2.07.